The molecular weight excluding hydrogens is 326 g/mol. The van der Waals surface area contributed by atoms with Crippen LogP contribution in [0.25, 0.3) is 0 Å². The van der Waals surface area contributed by atoms with Crippen molar-refractivity contribution in [3.63, 3.8) is 0 Å². The topological polar surface area (TPSA) is 94.8 Å². The number of nitro groups is 1. The average Bonchev–Trinajstić information content (AvgIpc) is 2.54. The molecule has 0 bridgehead atoms. The van der Waals surface area contributed by atoms with E-state index in [0.29, 0.717) is 24.9 Å². The molecule has 0 spiro atoms. The third-order valence-electron chi connectivity index (χ3n) is 3.88. The monoisotopic (exact) mass is 351 g/mol. The Bertz CT molecular complexity index is 597. The van der Waals surface area contributed by atoms with E-state index in [2.05, 4.69) is 4.98 Å². The molecule has 0 radical (unpaired) electrons. The highest BCUT2D eigenvalue weighted by Gasteiger charge is 2.27. The normalized spacial score (nSPS) is 17.9. The van der Waals surface area contributed by atoms with Gasteiger partial charge in [-0.3, -0.25) is 10.1 Å². The number of ether oxygens (including phenoxy) is 2. The molecule has 2 rings (SSSR count). The van der Waals surface area contributed by atoms with Gasteiger partial charge in [0.05, 0.1) is 11.5 Å². The minimum absolute atomic E-state index is 0.0624. The number of piperidine rings is 1. The molecule has 0 aromatic carbocycles. The van der Waals surface area contributed by atoms with Crippen molar-refractivity contribution in [2.24, 2.45) is 5.92 Å². The number of aromatic nitrogens is 1. The molecule has 1 aromatic rings. The maximum absolute atomic E-state index is 12.1. The molecule has 1 atom stereocenters. The van der Waals surface area contributed by atoms with Crippen LogP contribution in [0.1, 0.15) is 40.0 Å². The van der Waals surface area contributed by atoms with Crippen LogP contribution >= 0.6 is 0 Å². The number of nitrogens with zero attached hydrogens (tertiary/aromatic N) is 3. The van der Waals surface area contributed by atoms with Gasteiger partial charge in [-0.25, -0.2) is 9.78 Å². The van der Waals surface area contributed by atoms with Crippen LogP contribution in [0.15, 0.2) is 18.3 Å². The summed E-state index contributed by atoms with van der Waals surface area (Å²) in [6, 6.07) is 2.86. The van der Waals surface area contributed by atoms with Crippen molar-refractivity contribution in [2.75, 3.05) is 19.7 Å². The SMILES string of the molecule is CC(C)(C)OC(=O)N1CCCC(CCOc2ccc([N+](=O)[O-])cn2)C1. The van der Waals surface area contributed by atoms with E-state index in [1.54, 1.807) is 4.90 Å². The summed E-state index contributed by atoms with van der Waals surface area (Å²) >= 11 is 0. The maximum Gasteiger partial charge on any atom is 0.410 e. The van der Waals surface area contributed by atoms with Gasteiger partial charge in [0.15, 0.2) is 0 Å². The number of hydrogen-bond acceptors (Lipinski definition) is 6. The number of pyridine rings is 1. The van der Waals surface area contributed by atoms with Crippen LogP contribution in [0.2, 0.25) is 0 Å². The summed E-state index contributed by atoms with van der Waals surface area (Å²) in [6.45, 7) is 7.41. The lowest BCUT2D eigenvalue weighted by atomic mass is 9.95. The van der Waals surface area contributed by atoms with Gasteiger partial charge < -0.3 is 14.4 Å². The van der Waals surface area contributed by atoms with E-state index in [9.17, 15) is 14.9 Å². The van der Waals surface area contributed by atoms with Crippen LogP contribution in [0.3, 0.4) is 0 Å². The molecule has 0 saturated carbocycles. The summed E-state index contributed by atoms with van der Waals surface area (Å²) in [7, 11) is 0. The van der Waals surface area contributed by atoms with E-state index in [1.165, 1.54) is 18.3 Å². The van der Waals surface area contributed by atoms with E-state index in [1.807, 2.05) is 20.8 Å². The van der Waals surface area contributed by atoms with Gasteiger partial charge in [-0.05, 0) is 46.0 Å². The van der Waals surface area contributed by atoms with Crippen LogP contribution in [-0.4, -0.2) is 46.2 Å². The van der Waals surface area contributed by atoms with Gasteiger partial charge in [0, 0.05) is 25.2 Å². The maximum atomic E-state index is 12.1. The molecule has 138 valence electrons. The molecule has 8 nitrogen and oxygen atoms in total. The summed E-state index contributed by atoms with van der Waals surface area (Å²) in [6.07, 6.45) is 3.68. The van der Waals surface area contributed by atoms with E-state index >= 15 is 0 Å². The third kappa shape index (κ3) is 6.21. The smallest absolute Gasteiger partial charge is 0.410 e. The molecule has 0 aliphatic carbocycles. The summed E-state index contributed by atoms with van der Waals surface area (Å²) in [5.41, 5.74) is -0.554. The van der Waals surface area contributed by atoms with Crippen molar-refractivity contribution < 1.29 is 19.2 Å². The molecule has 1 fully saturated rings. The second kappa shape index (κ2) is 8.13. The van der Waals surface area contributed by atoms with E-state index in [0.717, 1.165) is 25.8 Å². The van der Waals surface area contributed by atoms with Gasteiger partial charge in [0.25, 0.3) is 5.69 Å². The summed E-state index contributed by atoms with van der Waals surface area (Å²) in [5.74, 6) is 0.713. The van der Waals surface area contributed by atoms with Gasteiger partial charge in [0.2, 0.25) is 5.88 Å². The Kier molecular flexibility index (Phi) is 6.17. The molecule has 1 amide bonds. The van der Waals surface area contributed by atoms with Gasteiger partial charge in [-0.15, -0.1) is 0 Å². The zero-order valence-corrected chi connectivity index (χ0v) is 14.9. The Morgan fingerprint density at radius 2 is 2.20 bits per heavy atom. The van der Waals surface area contributed by atoms with Crippen molar-refractivity contribution >= 4 is 11.8 Å². The van der Waals surface area contributed by atoms with Crippen molar-refractivity contribution in [2.45, 2.75) is 45.6 Å². The number of carbonyl (C=O) groups is 1. The molecule has 0 N–H and O–H groups in total. The first-order chi connectivity index (χ1) is 11.7. The van der Waals surface area contributed by atoms with E-state index in [4.69, 9.17) is 9.47 Å². The Morgan fingerprint density at radius 3 is 2.80 bits per heavy atom. The van der Waals surface area contributed by atoms with Gasteiger partial charge >= 0.3 is 6.09 Å². The fourth-order valence-electron chi connectivity index (χ4n) is 2.69. The molecule has 2 heterocycles. The number of amides is 1. The lowest BCUT2D eigenvalue weighted by molar-refractivity contribution is -0.385. The Balaban J connectivity index is 1.77. The van der Waals surface area contributed by atoms with E-state index < -0.39 is 10.5 Å². The van der Waals surface area contributed by atoms with Crippen molar-refractivity contribution in [1.29, 1.82) is 0 Å². The predicted octanol–water partition coefficient (Wildman–Crippen LogP) is 3.41. The first-order valence-corrected chi connectivity index (χ1v) is 8.46. The van der Waals surface area contributed by atoms with Gasteiger partial charge in [-0.1, -0.05) is 0 Å². The highest BCUT2D eigenvalue weighted by molar-refractivity contribution is 5.68. The molecule has 1 saturated heterocycles. The predicted molar refractivity (Wildman–Crippen MR) is 91.5 cm³/mol. The molecule has 1 unspecified atom stereocenters. The lowest BCUT2D eigenvalue weighted by Gasteiger charge is -2.34. The standard InChI is InChI=1S/C17H25N3O5/c1-17(2,3)25-16(21)19-9-4-5-13(12-19)8-10-24-15-7-6-14(11-18-15)20(22)23/h6-7,11,13H,4-5,8-10,12H2,1-3H3. The van der Waals surface area contributed by atoms with Crippen molar-refractivity contribution in [3.8, 4) is 5.88 Å². The Labute approximate surface area is 147 Å². The van der Waals surface area contributed by atoms with Gasteiger partial charge in [-0.2, -0.15) is 0 Å². The molecule has 1 aliphatic rings. The quantitative estimate of drug-likeness (QED) is 0.596. The average molecular weight is 351 g/mol. The van der Waals surface area contributed by atoms with E-state index in [-0.39, 0.29) is 11.8 Å². The minimum atomic E-state index is -0.496. The summed E-state index contributed by atoms with van der Waals surface area (Å²) < 4.78 is 11.0. The zero-order chi connectivity index (χ0) is 18.4. The third-order valence-corrected chi connectivity index (χ3v) is 3.88. The summed E-state index contributed by atoms with van der Waals surface area (Å²) in [4.78, 5) is 27.9. The van der Waals surface area contributed by atoms with Crippen LogP contribution in [0, 0.1) is 16.0 Å². The highest BCUT2D eigenvalue weighted by atomic mass is 16.6. The second-order valence-corrected chi connectivity index (χ2v) is 7.18. The fraction of sp³-hybridized carbons (Fsp3) is 0.647. The number of hydrogen-bond donors (Lipinski definition) is 0. The number of rotatable bonds is 5. The lowest BCUT2D eigenvalue weighted by Crippen LogP contribution is -2.43. The van der Waals surface area contributed by atoms with Crippen LogP contribution in [0.5, 0.6) is 5.88 Å². The first-order valence-electron chi connectivity index (χ1n) is 8.46. The second-order valence-electron chi connectivity index (χ2n) is 7.18. The van der Waals surface area contributed by atoms with Crippen molar-refractivity contribution in [1.82, 2.24) is 9.88 Å². The fourth-order valence-corrected chi connectivity index (χ4v) is 2.69. The zero-order valence-electron chi connectivity index (χ0n) is 14.9. The Hall–Kier alpha value is -2.38. The molecule has 1 aromatic heterocycles. The molecule has 1 aliphatic heterocycles. The molecule has 8 heteroatoms. The Morgan fingerprint density at radius 1 is 1.44 bits per heavy atom. The number of likely N-dealkylation sites (tertiary alicyclic amines) is 1. The highest BCUT2D eigenvalue weighted by Crippen LogP contribution is 2.22. The van der Waals surface area contributed by atoms with Crippen LogP contribution in [0.4, 0.5) is 10.5 Å². The van der Waals surface area contributed by atoms with Crippen molar-refractivity contribution in [3.05, 3.63) is 28.4 Å². The molecule has 25 heavy (non-hydrogen) atoms. The minimum Gasteiger partial charge on any atom is -0.478 e. The first kappa shape index (κ1) is 19.0. The molecular formula is C17H25N3O5. The van der Waals surface area contributed by atoms with Crippen LogP contribution in [-0.2, 0) is 4.74 Å². The summed E-state index contributed by atoms with van der Waals surface area (Å²) in [5, 5.41) is 10.6. The largest absolute Gasteiger partial charge is 0.478 e. The van der Waals surface area contributed by atoms with Gasteiger partial charge in [0.1, 0.15) is 11.8 Å². The number of carbonyl (C=O) groups excluding carboxylic acids is 1. The van der Waals surface area contributed by atoms with Crippen LogP contribution < -0.4 is 4.74 Å².